The van der Waals surface area contributed by atoms with Gasteiger partial charge in [-0.2, -0.15) is 0 Å². The monoisotopic (exact) mass is 602 g/mol. The number of nitrogens with zero attached hydrogens (tertiary/aromatic N) is 3. The Balaban J connectivity index is 1.47. The van der Waals surface area contributed by atoms with Crippen molar-refractivity contribution in [2.75, 3.05) is 39.1 Å². The molecule has 2 heterocycles. The van der Waals surface area contributed by atoms with E-state index < -0.39 is 12.1 Å². The van der Waals surface area contributed by atoms with Gasteiger partial charge >= 0.3 is 0 Å². The van der Waals surface area contributed by atoms with Gasteiger partial charge in [-0.3, -0.25) is 29.1 Å². The van der Waals surface area contributed by atoms with Gasteiger partial charge in [0.1, 0.15) is 17.8 Å². The number of hydrogen-bond donors (Lipinski definition) is 3. The molecule has 2 atom stereocenters. The standard InChI is InChI=1S/C33H42N6O5/c1-22-32(42)34-16-6-18-39(21-27-11-10-25-20-26(35-23(2)40)12-15-29(25)36-27)17-5-7-31(41)37-30(33(43)38(22)3)19-24-8-13-28(44-4)14-9-24/h8-15,20,22,30H,5-7,16-19,21H2,1-4H3,(H,34,42)(H,35,40)(H,37,41)/t22-,30-/m0/s1. The number of carbonyl (C=O) groups excluding carboxylic acids is 4. The van der Waals surface area contributed by atoms with Crippen LogP contribution >= 0.6 is 0 Å². The van der Waals surface area contributed by atoms with Crippen LogP contribution in [0.1, 0.15) is 44.4 Å². The molecular formula is C33H42N6O5. The van der Waals surface area contributed by atoms with E-state index in [4.69, 9.17) is 9.72 Å². The molecule has 0 aliphatic carbocycles. The maximum absolute atomic E-state index is 13.5. The Bertz CT molecular complexity index is 1480. The summed E-state index contributed by atoms with van der Waals surface area (Å²) in [5.74, 6) is -0.201. The summed E-state index contributed by atoms with van der Waals surface area (Å²) >= 11 is 0. The van der Waals surface area contributed by atoms with E-state index in [2.05, 4.69) is 20.9 Å². The van der Waals surface area contributed by atoms with Crippen LogP contribution in [0.15, 0.2) is 54.6 Å². The highest BCUT2D eigenvalue weighted by Crippen LogP contribution is 2.19. The quantitative estimate of drug-likeness (QED) is 0.395. The van der Waals surface area contributed by atoms with Crippen molar-refractivity contribution in [3.63, 3.8) is 0 Å². The molecule has 1 aliphatic rings. The lowest BCUT2D eigenvalue weighted by Gasteiger charge is -2.29. The van der Waals surface area contributed by atoms with Crippen LogP contribution in [0.4, 0.5) is 5.69 Å². The molecule has 2 aromatic carbocycles. The highest BCUT2D eigenvalue weighted by Gasteiger charge is 2.30. The minimum atomic E-state index is -0.815. The summed E-state index contributed by atoms with van der Waals surface area (Å²) < 4.78 is 5.24. The molecule has 0 unspecified atom stereocenters. The van der Waals surface area contributed by atoms with E-state index in [0.29, 0.717) is 51.2 Å². The van der Waals surface area contributed by atoms with Gasteiger partial charge in [0.15, 0.2) is 0 Å². The van der Waals surface area contributed by atoms with Gasteiger partial charge in [0.05, 0.1) is 18.3 Å². The number of rotatable bonds is 6. The van der Waals surface area contributed by atoms with E-state index in [1.165, 1.54) is 11.8 Å². The first kappa shape index (κ1) is 32.4. The lowest BCUT2D eigenvalue weighted by atomic mass is 10.0. The fourth-order valence-electron chi connectivity index (χ4n) is 5.24. The molecular weight excluding hydrogens is 560 g/mol. The number of hydrogen-bond acceptors (Lipinski definition) is 7. The second-order valence-corrected chi connectivity index (χ2v) is 11.2. The molecule has 11 nitrogen and oxygen atoms in total. The maximum atomic E-state index is 13.5. The molecule has 234 valence electrons. The van der Waals surface area contributed by atoms with Crippen LogP contribution in [-0.2, 0) is 32.1 Å². The fourth-order valence-corrected chi connectivity index (χ4v) is 5.24. The number of anilines is 1. The van der Waals surface area contributed by atoms with E-state index in [1.807, 2.05) is 54.6 Å². The summed E-state index contributed by atoms with van der Waals surface area (Å²) in [7, 11) is 3.18. The molecule has 3 aromatic rings. The number of ether oxygens (including phenoxy) is 1. The topological polar surface area (TPSA) is 133 Å². The Morgan fingerprint density at radius 2 is 1.80 bits per heavy atom. The lowest BCUT2D eigenvalue weighted by Crippen LogP contribution is -2.54. The number of amides is 4. The van der Waals surface area contributed by atoms with E-state index in [1.54, 1.807) is 21.1 Å². The smallest absolute Gasteiger partial charge is 0.245 e. The third-order valence-corrected chi connectivity index (χ3v) is 7.82. The molecule has 1 saturated heterocycles. The van der Waals surface area contributed by atoms with Crippen molar-refractivity contribution in [2.45, 2.75) is 58.2 Å². The second kappa shape index (κ2) is 15.3. The second-order valence-electron chi connectivity index (χ2n) is 11.2. The van der Waals surface area contributed by atoms with E-state index in [0.717, 1.165) is 27.8 Å². The number of nitrogens with one attached hydrogen (secondary N) is 3. The Kier molecular flexibility index (Phi) is 11.3. The van der Waals surface area contributed by atoms with E-state index in [-0.39, 0.29) is 30.0 Å². The first-order valence-electron chi connectivity index (χ1n) is 15.0. The van der Waals surface area contributed by atoms with Crippen molar-refractivity contribution in [3.05, 3.63) is 65.9 Å². The SMILES string of the molecule is COc1ccc(C[C@@H]2NC(=O)CCCN(Cc3ccc4cc(NC(C)=O)ccc4n3)CCCNC(=O)[C@H](C)N(C)C2=O)cc1. The van der Waals surface area contributed by atoms with Crippen LogP contribution < -0.4 is 20.7 Å². The zero-order valence-electron chi connectivity index (χ0n) is 25.9. The predicted molar refractivity (Wildman–Crippen MR) is 169 cm³/mol. The summed E-state index contributed by atoms with van der Waals surface area (Å²) in [6.45, 7) is 5.56. The highest BCUT2D eigenvalue weighted by atomic mass is 16.5. The van der Waals surface area contributed by atoms with Gasteiger partial charge in [-0.15, -0.1) is 0 Å². The number of pyridine rings is 1. The number of likely N-dealkylation sites (N-methyl/N-ethyl adjacent to an activating group) is 1. The predicted octanol–water partition coefficient (Wildman–Crippen LogP) is 2.88. The van der Waals surface area contributed by atoms with Crippen molar-refractivity contribution < 1.29 is 23.9 Å². The molecule has 1 aliphatic heterocycles. The molecule has 3 N–H and O–H groups in total. The zero-order valence-corrected chi connectivity index (χ0v) is 25.9. The first-order valence-corrected chi connectivity index (χ1v) is 15.0. The Labute approximate surface area is 258 Å². The molecule has 0 radical (unpaired) electrons. The van der Waals surface area contributed by atoms with Gasteiger partial charge in [-0.1, -0.05) is 18.2 Å². The molecule has 0 spiro atoms. The Hall–Kier alpha value is -4.51. The Morgan fingerprint density at radius 3 is 2.52 bits per heavy atom. The third kappa shape index (κ3) is 9.00. The summed E-state index contributed by atoms with van der Waals surface area (Å²) in [5, 5.41) is 9.61. The largest absolute Gasteiger partial charge is 0.497 e. The normalized spacial score (nSPS) is 19.5. The van der Waals surface area contributed by atoms with Crippen molar-refractivity contribution in [1.82, 2.24) is 25.4 Å². The molecule has 1 aromatic heterocycles. The van der Waals surface area contributed by atoms with E-state index >= 15 is 0 Å². The molecule has 44 heavy (non-hydrogen) atoms. The Morgan fingerprint density at radius 1 is 1.05 bits per heavy atom. The minimum Gasteiger partial charge on any atom is -0.497 e. The molecule has 0 saturated carbocycles. The van der Waals surface area contributed by atoms with Crippen LogP contribution in [0.5, 0.6) is 5.75 Å². The molecule has 11 heteroatoms. The van der Waals surface area contributed by atoms with Gasteiger partial charge in [0.2, 0.25) is 23.6 Å². The summed E-state index contributed by atoms with van der Waals surface area (Å²) in [5.41, 5.74) is 3.30. The first-order chi connectivity index (χ1) is 21.1. The van der Waals surface area contributed by atoms with Crippen molar-refractivity contribution in [3.8, 4) is 5.75 Å². The maximum Gasteiger partial charge on any atom is 0.245 e. The average Bonchev–Trinajstić information content (AvgIpc) is 3.01. The van der Waals surface area contributed by atoms with E-state index in [9.17, 15) is 19.2 Å². The summed E-state index contributed by atoms with van der Waals surface area (Å²) in [4.78, 5) is 59.4. The highest BCUT2D eigenvalue weighted by molar-refractivity contribution is 5.93. The van der Waals surface area contributed by atoms with Crippen LogP contribution in [0.3, 0.4) is 0 Å². The third-order valence-electron chi connectivity index (χ3n) is 7.82. The van der Waals surface area contributed by atoms with Gasteiger partial charge < -0.3 is 25.6 Å². The minimum absolute atomic E-state index is 0.128. The lowest BCUT2D eigenvalue weighted by molar-refractivity contribution is -0.141. The molecule has 0 bridgehead atoms. The van der Waals surface area contributed by atoms with Gasteiger partial charge in [-0.05, 0) is 68.3 Å². The number of benzene rings is 2. The molecule has 1 fully saturated rings. The number of fused-ring (bicyclic) bond motifs is 1. The molecule has 4 rings (SSSR count). The number of aromatic nitrogens is 1. The van der Waals surface area contributed by atoms with Crippen LogP contribution in [0, 0.1) is 0 Å². The summed E-state index contributed by atoms with van der Waals surface area (Å²) in [6.07, 6.45) is 1.85. The van der Waals surface area contributed by atoms with Crippen LogP contribution in [0.2, 0.25) is 0 Å². The van der Waals surface area contributed by atoms with Crippen molar-refractivity contribution in [2.24, 2.45) is 0 Å². The molecule has 4 amide bonds. The zero-order chi connectivity index (χ0) is 31.6. The van der Waals surface area contributed by atoms with Gasteiger partial charge in [0.25, 0.3) is 0 Å². The van der Waals surface area contributed by atoms with Crippen molar-refractivity contribution >= 4 is 40.2 Å². The van der Waals surface area contributed by atoms with Gasteiger partial charge in [-0.25, -0.2) is 0 Å². The average molecular weight is 603 g/mol. The summed E-state index contributed by atoms with van der Waals surface area (Å²) in [6, 6.07) is 15.4. The number of methoxy groups -OCH3 is 1. The van der Waals surface area contributed by atoms with Crippen molar-refractivity contribution in [1.29, 1.82) is 0 Å². The van der Waals surface area contributed by atoms with Crippen LogP contribution in [-0.4, -0.2) is 84.3 Å². The fraction of sp³-hybridized carbons (Fsp3) is 0.424. The van der Waals surface area contributed by atoms with Crippen LogP contribution in [0.25, 0.3) is 10.9 Å². The number of carbonyl (C=O) groups is 4. The van der Waals surface area contributed by atoms with Gasteiger partial charge in [0, 0.05) is 57.5 Å².